The van der Waals surface area contributed by atoms with E-state index in [0.29, 0.717) is 11.3 Å². The fourth-order valence-electron chi connectivity index (χ4n) is 1.17. The monoisotopic (exact) mass is 224 g/mol. The number of nitriles is 1. The Morgan fingerprint density at radius 2 is 2.33 bits per heavy atom. The van der Waals surface area contributed by atoms with Crippen LogP contribution in [0.1, 0.15) is 12.5 Å². The molecule has 0 radical (unpaired) electrons. The van der Waals surface area contributed by atoms with Crippen LogP contribution in [0, 0.1) is 17.1 Å². The lowest BCUT2D eigenvalue weighted by atomic mass is 10.2. The van der Waals surface area contributed by atoms with Gasteiger partial charge in [0.15, 0.2) is 0 Å². The molecule has 0 heterocycles. The van der Waals surface area contributed by atoms with E-state index in [1.54, 1.807) is 6.07 Å². The maximum absolute atomic E-state index is 12.8. The Labute approximate surface area is 93.5 Å². The molecule has 0 saturated heterocycles. The van der Waals surface area contributed by atoms with Gasteiger partial charge in [-0.05, 0) is 24.0 Å². The highest BCUT2D eigenvalue weighted by atomic mass is 32.2. The van der Waals surface area contributed by atoms with Crippen LogP contribution in [0.4, 0.5) is 10.1 Å². The number of halogens is 1. The fraction of sp³-hybridized carbons (Fsp3) is 0.364. The lowest BCUT2D eigenvalue weighted by molar-refractivity contribution is 0.627. The van der Waals surface area contributed by atoms with E-state index in [1.165, 1.54) is 12.1 Å². The second-order valence-electron chi connectivity index (χ2n) is 2.93. The Kier molecular flexibility index (Phi) is 4.99. The van der Waals surface area contributed by atoms with Gasteiger partial charge in [0, 0.05) is 12.3 Å². The van der Waals surface area contributed by atoms with Gasteiger partial charge < -0.3 is 5.32 Å². The largest absolute Gasteiger partial charge is 0.383 e. The first-order valence-corrected chi connectivity index (χ1v) is 5.94. The molecule has 4 heteroatoms. The molecule has 15 heavy (non-hydrogen) atoms. The number of thioether (sulfide) groups is 1. The minimum atomic E-state index is -0.375. The first-order chi connectivity index (χ1) is 7.27. The third kappa shape index (κ3) is 3.80. The number of nitrogens with zero attached hydrogens (tertiary/aromatic N) is 1. The average molecular weight is 224 g/mol. The van der Waals surface area contributed by atoms with Crippen molar-refractivity contribution >= 4 is 17.4 Å². The first-order valence-electron chi connectivity index (χ1n) is 4.79. The first kappa shape index (κ1) is 11.9. The molecule has 0 unspecified atom stereocenters. The molecule has 0 saturated carbocycles. The maximum Gasteiger partial charge on any atom is 0.124 e. The molecular weight excluding hydrogens is 211 g/mol. The van der Waals surface area contributed by atoms with Crippen LogP contribution in [0.2, 0.25) is 0 Å². The van der Waals surface area contributed by atoms with Crippen molar-refractivity contribution in [2.75, 3.05) is 23.4 Å². The van der Waals surface area contributed by atoms with Crippen LogP contribution in [0.15, 0.2) is 18.2 Å². The van der Waals surface area contributed by atoms with Crippen LogP contribution in [-0.4, -0.2) is 18.1 Å². The van der Waals surface area contributed by atoms with Crippen molar-refractivity contribution < 1.29 is 4.39 Å². The van der Waals surface area contributed by atoms with Gasteiger partial charge in [-0.2, -0.15) is 17.0 Å². The van der Waals surface area contributed by atoms with Crippen molar-refractivity contribution in [3.05, 3.63) is 29.6 Å². The topological polar surface area (TPSA) is 35.8 Å². The fourth-order valence-corrected chi connectivity index (χ4v) is 1.70. The summed E-state index contributed by atoms with van der Waals surface area (Å²) in [7, 11) is 0. The maximum atomic E-state index is 12.8. The molecule has 1 rings (SSSR count). The molecule has 1 N–H and O–H groups in total. The second kappa shape index (κ2) is 6.31. The SMILES string of the molecule is CCSCCNc1ccc(F)cc1C#N. The molecule has 0 aliphatic heterocycles. The number of rotatable bonds is 5. The Hall–Kier alpha value is -1.21. The van der Waals surface area contributed by atoms with Crippen molar-refractivity contribution in [2.24, 2.45) is 0 Å². The van der Waals surface area contributed by atoms with E-state index in [9.17, 15) is 4.39 Å². The second-order valence-corrected chi connectivity index (χ2v) is 4.32. The van der Waals surface area contributed by atoms with Crippen molar-refractivity contribution in [1.29, 1.82) is 5.26 Å². The van der Waals surface area contributed by atoms with Crippen LogP contribution in [-0.2, 0) is 0 Å². The Morgan fingerprint density at radius 3 is 3.00 bits per heavy atom. The third-order valence-corrected chi connectivity index (χ3v) is 2.77. The Morgan fingerprint density at radius 1 is 1.53 bits per heavy atom. The van der Waals surface area contributed by atoms with Crippen LogP contribution >= 0.6 is 11.8 Å². The van der Waals surface area contributed by atoms with Gasteiger partial charge in [0.1, 0.15) is 11.9 Å². The summed E-state index contributed by atoms with van der Waals surface area (Å²) in [6, 6.07) is 6.17. The van der Waals surface area contributed by atoms with E-state index in [-0.39, 0.29) is 5.82 Å². The van der Waals surface area contributed by atoms with Gasteiger partial charge >= 0.3 is 0 Å². The lowest BCUT2D eigenvalue weighted by Gasteiger charge is -2.07. The molecule has 0 bridgehead atoms. The van der Waals surface area contributed by atoms with Crippen molar-refractivity contribution in [1.82, 2.24) is 0 Å². The highest BCUT2D eigenvalue weighted by Crippen LogP contribution is 2.15. The molecule has 0 aliphatic rings. The number of benzene rings is 1. The van der Waals surface area contributed by atoms with Crippen LogP contribution in [0.3, 0.4) is 0 Å². The predicted octanol–water partition coefficient (Wildman–Crippen LogP) is 2.86. The summed E-state index contributed by atoms with van der Waals surface area (Å²) < 4.78 is 12.8. The number of anilines is 1. The normalized spacial score (nSPS) is 9.67. The zero-order valence-electron chi connectivity index (χ0n) is 8.59. The standard InChI is InChI=1S/C11H13FN2S/c1-2-15-6-5-14-11-4-3-10(12)7-9(11)8-13/h3-4,7,14H,2,5-6H2,1H3. The lowest BCUT2D eigenvalue weighted by Crippen LogP contribution is -2.05. The molecule has 0 aliphatic carbocycles. The molecule has 2 nitrogen and oxygen atoms in total. The summed E-state index contributed by atoms with van der Waals surface area (Å²) in [5, 5.41) is 11.9. The molecule has 0 fully saturated rings. The van der Waals surface area contributed by atoms with E-state index in [1.807, 2.05) is 17.8 Å². The molecule has 1 aromatic rings. The van der Waals surface area contributed by atoms with Gasteiger partial charge in [-0.1, -0.05) is 6.92 Å². The Balaban J connectivity index is 2.57. The third-order valence-electron chi connectivity index (χ3n) is 1.87. The van der Waals surface area contributed by atoms with Crippen molar-refractivity contribution in [2.45, 2.75) is 6.92 Å². The predicted molar refractivity (Wildman–Crippen MR) is 62.6 cm³/mol. The van der Waals surface area contributed by atoms with Crippen LogP contribution in [0.25, 0.3) is 0 Å². The van der Waals surface area contributed by atoms with Crippen molar-refractivity contribution in [3.63, 3.8) is 0 Å². The highest BCUT2D eigenvalue weighted by molar-refractivity contribution is 7.99. The smallest absolute Gasteiger partial charge is 0.124 e. The van der Waals surface area contributed by atoms with Gasteiger partial charge in [-0.3, -0.25) is 0 Å². The summed E-state index contributed by atoms with van der Waals surface area (Å²) in [4.78, 5) is 0. The highest BCUT2D eigenvalue weighted by Gasteiger charge is 2.02. The molecular formula is C11H13FN2S. The van der Waals surface area contributed by atoms with E-state index in [2.05, 4.69) is 12.2 Å². The minimum absolute atomic E-state index is 0.358. The summed E-state index contributed by atoms with van der Waals surface area (Å²) in [6.07, 6.45) is 0. The number of hydrogen-bond donors (Lipinski definition) is 1. The molecule has 80 valence electrons. The summed E-state index contributed by atoms with van der Waals surface area (Å²) in [5.74, 6) is 1.69. The molecule has 0 spiro atoms. The zero-order chi connectivity index (χ0) is 11.1. The quantitative estimate of drug-likeness (QED) is 0.781. The average Bonchev–Trinajstić information content (AvgIpc) is 2.26. The number of nitrogens with one attached hydrogen (secondary N) is 1. The Bertz CT molecular complexity index is 360. The van der Waals surface area contributed by atoms with Crippen molar-refractivity contribution in [3.8, 4) is 6.07 Å². The zero-order valence-corrected chi connectivity index (χ0v) is 9.40. The molecule has 1 aromatic carbocycles. The summed E-state index contributed by atoms with van der Waals surface area (Å²) >= 11 is 1.82. The van der Waals surface area contributed by atoms with Gasteiger partial charge in [-0.15, -0.1) is 0 Å². The summed E-state index contributed by atoms with van der Waals surface area (Å²) in [5.41, 5.74) is 1.06. The van der Waals surface area contributed by atoms with E-state index in [4.69, 9.17) is 5.26 Å². The minimum Gasteiger partial charge on any atom is -0.383 e. The van der Waals surface area contributed by atoms with Gasteiger partial charge in [0.05, 0.1) is 11.3 Å². The van der Waals surface area contributed by atoms with Crippen LogP contribution in [0.5, 0.6) is 0 Å². The van der Waals surface area contributed by atoms with E-state index >= 15 is 0 Å². The van der Waals surface area contributed by atoms with Gasteiger partial charge in [0.25, 0.3) is 0 Å². The summed E-state index contributed by atoms with van der Waals surface area (Å²) in [6.45, 7) is 2.89. The molecule has 0 atom stereocenters. The molecule has 0 amide bonds. The van der Waals surface area contributed by atoms with E-state index < -0.39 is 0 Å². The van der Waals surface area contributed by atoms with Crippen LogP contribution < -0.4 is 5.32 Å². The van der Waals surface area contributed by atoms with Gasteiger partial charge in [0.2, 0.25) is 0 Å². The van der Waals surface area contributed by atoms with Gasteiger partial charge in [-0.25, -0.2) is 4.39 Å². The molecule has 0 aromatic heterocycles. The van der Waals surface area contributed by atoms with E-state index in [0.717, 1.165) is 18.1 Å². The number of hydrogen-bond acceptors (Lipinski definition) is 3.